The normalized spacial score (nSPS) is 18.4. The average molecular weight is 198 g/mol. The average Bonchev–Trinajstić information content (AvgIpc) is 2.08. The Balaban J connectivity index is 2.45. The molecule has 0 aromatic heterocycles. The van der Waals surface area contributed by atoms with Gasteiger partial charge in [0, 0.05) is 5.57 Å². The van der Waals surface area contributed by atoms with E-state index in [-0.39, 0.29) is 11.6 Å². The summed E-state index contributed by atoms with van der Waals surface area (Å²) in [5.74, 6) is -0.301. The second-order valence-corrected chi connectivity index (χ2v) is 3.95. The number of hydrogen-bond donors (Lipinski definition) is 0. The summed E-state index contributed by atoms with van der Waals surface area (Å²) in [4.78, 5) is 11.3. The summed E-state index contributed by atoms with van der Waals surface area (Å²) in [6.45, 7) is 8.41. The molecule has 14 heavy (non-hydrogen) atoms. The molecule has 0 aliphatic carbocycles. The number of rotatable bonds is 5. The van der Waals surface area contributed by atoms with Crippen LogP contribution >= 0.6 is 0 Å². The van der Waals surface area contributed by atoms with Gasteiger partial charge >= 0.3 is 5.97 Å². The Bertz CT molecular complexity index is 229. The van der Waals surface area contributed by atoms with E-state index in [0.29, 0.717) is 18.8 Å². The molecule has 0 aromatic carbocycles. The number of ether oxygens (including phenoxy) is 2. The molecule has 0 radical (unpaired) electrons. The molecule has 1 fully saturated rings. The van der Waals surface area contributed by atoms with Gasteiger partial charge in [0.2, 0.25) is 0 Å². The maximum Gasteiger partial charge on any atom is 0.333 e. The molecule has 3 heteroatoms. The van der Waals surface area contributed by atoms with Crippen LogP contribution in [0.3, 0.4) is 0 Å². The molecular weight excluding hydrogens is 180 g/mol. The number of esters is 1. The lowest BCUT2D eigenvalue weighted by Gasteiger charge is -2.40. The van der Waals surface area contributed by atoms with Gasteiger partial charge in [-0.15, -0.1) is 0 Å². The minimum Gasteiger partial charge on any atom is -0.451 e. The van der Waals surface area contributed by atoms with Gasteiger partial charge in [0.05, 0.1) is 13.2 Å². The zero-order valence-corrected chi connectivity index (χ0v) is 8.97. The highest BCUT2D eigenvalue weighted by molar-refractivity contribution is 5.87. The molecular formula is C11H18O3. The van der Waals surface area contributed by atoms with Crippen molar-refractivity contribution < 1.29 is 14.3 Å². The third-order valence-electron chi connectivity index (χ3n) is 2.37. The van der Waals surface area contributed by atoms with Crippen LogP contribution < -0.4 is 0 Å². The molecule has 80 valence electrons. The summed E-state index contributed by atoms with van der Waals surface area (Å²) >= 11 is 0. The quantitative estimate of drug-likeness (QED) is 0.501. The highest BCUT2D eigenvalue weighted by Gasteiger charge is 2.41. The molecule has 0 spiro atoms. The van der Waals surface area contributed by atoms with Gasteiger partial charge in [0.1, 0.15) is 0 Å². The first kappa shape index (κ1) is 11.2. The van der Waals surface area contributed by atoms with Gasteiger partial charge in [-0.25, -0.2) is 4.79 Å². The zero-order valence-electron chi connectivity index (χ0n) is 8.97. The molecule has 0 atom stereocenters. The maximum atomic E-state index is 11.3. The van der Waals surface area contributed by atoms with Gasteiger partial charge in [-0.05, 0) is 19.8 Å². The van der Waals surface area contributed by atoms with Crippen LogP contribution in [0.1, 0.15) is 33.1 Å². The fourth-order valence-corrected chi connectivity index (χ4v) is 1.37. The maximum absolute atomic E-state index is 11.3. The molecule has 1 rings (SSSR count). The molecule has 0 N–H and O–H groups in total. The van der Waals surface area contributed by atoms with Crippen molar-refractivity contribution in [3.63, 3.8) is 0 Å². The minimum atomic E-state index is -0.355. The molecule has 0 unspecified atom stereocenters. The van der Waals surface area contributed by atoms with Crippen LogP contribution in [0.25, 0.3) is 0 Å². The van der Waals surface area contributed by atoms with Crippen molar-refractivity contribution in [1.29, 1.82) is 0 Å². The molecule has 3 nitrogen and oxygen atoms in total. The molecule has 0 saturated carbocycles. The van der Waals surface area contributed by atoms with Crippen molar-refractivity contribution in [1.82, 2.24) is 0 Å². The monoisotopic (exact) mass is 198 g/mol. The summed E-state index contributed by atoms with van der Waals surface area (Å²) in [5, 5.41) is 0. The first-order chi connectivity index (χ1) is 6.59. The van der Waals surface area contributed by atoms with Crippen molar-refractivity contribution in [3.05, 3.63) is 12.2 Å². The number of carbonyl (C=O) groups excluding carboxylic acids is 1. The van der Waals surface area contributed by atoms with Crippen LogP contribution in [0.2, 0.25) is 0 Å². The van der Waals surface area contributed by atoms with E-state index < -0.39 is 0 Å². The van der Waals surface area contributed by atoms with Crippen LogP contribution in [0.15, 0.2) is 12.2 Å². The van der Waals surface area contributed by atoms with Crippen molar-refractivity contribution in [2.75, 3.05) is 13.2 Å². The fraction of sp³-hybridized carbons (Fsp3) is 0.727. The van der Waals surface area contributed by atoms with E-state index in [1.807, 2.05) is 0 Å². The van der Waals surface area contributed by atoms with Crippen LogP contribution in [-0.2, 0) is 14.3 Å². The van der Waals surface area contributed by atoms with Crippen molar-refractivity contribution in [3.8, 4) is 0 Å². The third-order valence-corrected chi connectivity index (χ3v) is 2.37. The van der Waals surface area contributed by atoms with Crippen molar-refractivity contribution in [2.45, 2.75) is 38.7 Å². The number of hydrogen-bond acceptors (Lipinski definition) is 3. The van der Waals surface area contributed by atoms with Gasteiger partial charge in [-0.3, -0.25) is 0 Å². The van der Waals surface area contributed by atoms with E-state index >= 15 is 0 Å². The van der Waals surface area contributed by atoms with Crippen molar-refractivity contribution >= 4 is 5.97 Å². The molecule has 1 saturated heterocycles. The Morgan fingerprint density at radius 3 is 2.57 bits per heavy atom. The van der Waals surface area contributed by atoms with Gasteiger partial charge in [0.25, 0.3) is 0 Å². The summed E-state index contributed by atoms with van der Waals surface area (Å²) in [7, 11) is 0. The Morgan fingerprint density at radius 2 is 2.21 bits per heavy atom. The summed E-state index contributed by atoms with van der Waals surface area (Å²) in [6, 6.07) is 0. The van der Waals surface area contributed by atoms with Gasteiger partial charge in [-0.2, -0.15) is 0 Å². The standard InChI is InChI=1S/C11H18O3/c1-4-5-6-11(7-13-8-11)14-10(12)9(2)3/h2,4-8H2,1,3H3. The predicted octanol–water partition coefficient (Wildman–Crippen LogP) is 2.06. The van der Waals surface area contributed by atoms with Crippen LogP contribution in [0, 0.1) is 0 Å². The predicted molar refractivity (Wildman–Crippen MR) is 54.0 cm³/mol. The van der Waals surface area contributed by atoms with Crippen molar-refractivity contribution in [2.24, 2.45) is 0 Å². The summed E-state index contributed by atoms with van der Waals surface area (Å²) < 4.78 is 10.5. The van der Waals surface area contributed by atoms with Gasteiger partial charge < -0.3 is 9.47 Å². The van der Waals surface area contributed by atoms with Gasteiger partial charge in [0.15, 0.2) is 5.60 Å². The molecule has 1 aliphatic rings. The Morgan fingerprint density at radius 1 is 1.57 bits per heavy atom. The molecule has 0 aromatic rings. The highest BCUT2D eigenvalue weighted by atomic mass is 16.6. The van der Waals surface area contributed by atoms with E-state index in [9.17, 15) is 4.79 Å². The molecule has 1 heterocycles. The summed E-state index contributed by atoms with van der Waals surface area (Å²) in [6.07, 6.45) is 3.06. The van der Waals surface area contributed by atoms with Gasteiger partial charge in [-0.1, -0.05) is 19.9 Å². The van der Waals surface area contributed by atoms with Crippen LogP contribution in [0.4, 0.5) is 0 Å². The second kappa shape index (κ2) is 4.60. The topological polar surface area (TPSA) is 35.5 Å². The molecule has 0 amide bonds. The largest absolute Gasteiger partial charge is 0.451 e. The summed E-state index contributed by atoms with van der Waals surface area (Å²) in [5.41, 5.74) is 0.0965. The number of unbranched alkanes of at least 4 members (excludes halogenated alkanes) is 1. The lowest BCUT2D eigenvalue weighted by molar-refractivity contribution is -0.212. The van der Waals surface area contributed by atoms with E-state index in [1.54, 1.807) is 6.92 Å². The first-order valence-electron chi connectivity index (χ1n) is 5.06. The highest BCUT2D eigenvalue weighted by Crippen LogP contribution is 2.28. The molecule has 0 bridgehead atoms. The first-order valence-corrected chi connectivity index (χ1v) is 5.06. The Labute approximate surface area is 85.1 Å². The van der Waals surface area contributed by atoms with Crippen LogP contribution in [0.5, 0.6) is 0 Å². The van der Waals surface area contributed by atoms with Crippen LogP contribution in [-0.4, -0.2) is 24.8 Å². The SMILES string of the molecule is C=C(C)C(=O)OC1(CCCC)COC1. The smallest absolute Gasteiger partial charge is 0.333 e. The number of carbonyl (C=O) groups is 1. The molecule has 1 aliphatic heterocycles. The van der Waals surface area contributed by atoms with E-state index in [1.165, 1.54) is 0 Å². The van der Waals surface area contributed by atoms with E-state index in [0.717, 1.165) is 19.3 Å². The Hall–Kier alpha value is -0.830. The fourth-order valence-electron chi connectivity index (χ4n) is 1.37. The lowest BCUT2D eigenvalue weighted by atomic mass is 9.94. The third kappa shape index (κ3) is 2.58. The minimum absolute atomic E-state index is 0.301. The second-order valence-electron chi connectivity index (χ2n) is 3.95. The van der Waals surface area contributed by atoms with E-state index in [2.05, 4.69) is 13.5 Å². The Kier molecular flexibility index (Phi) is 3.69. The zero-order chi connectivity index (χ0) is 10.6. The van der Waals surface area contributed by atoms with E-state index in [4.69, 9.17) is 9.47 Å². The lowest BCUT2D eigenvalue weighted by Crippen LogP contribution is -2.53.